The monoisotopic (exact) mass is 370 g/mol. The lowest BCUT2D eigenvalue weighted by Gasteiger charge is -2.07. The molecule has 136 valence electrons. The molecular weight excluding hydrogens is 348 g/mol. The summed E-state index contributed by atoms with van der Waals surface area (Å²) in [6, 6.07) is 15.3. The molecule has 0 aliphatic carbocycles. The molecule has 0 spiro atoms. The zero-order valence-corrected chi connectivity index (χ0v) is 15.6. The first-order valence-corrected chi connectivity index (χ1v) is 8.71. The minimum absolute atomic E-state index is 0.278. The van der Waals surface area contributed by atoms with Crippen LogP contribution >= 0.6 is 12.2 Å². The van der Waals surface area contributed by atoms with E-state index in [0.29, 0.717) is 13.2 Å². The molecule has 0 heterocycles. The number of benzene rings is 2. The molecular formula is C19H22N4O2S. The number of hydrogen-bond acceptors (Lipinski definition) is 5. The van der Waals surface area contributed by atoms with E-state index in [1.807, 2.05) is 62.4 Å². The van der Waals surface area contributed by atoms with E-state index in [-0.39, 0.29) is 5.11 Å². The molecule has 0 atom stereocenters. The summed E-state index contributed by atoms with van der Waals surface area (Å²) in [4.78, 5) is 0. The van der Waals surface area contributed by atoms with Crippen molar-refractivity contribution in [3.05, 3.63) is 59.7 Å². The van der Waals surface area contributed by atoms with Gasteiger partial charge in [0, 0.05) is 11.1 Å². The van der Waals surface area contributed by atoms with Gasteiger partial charge in [-0.3, -0.25) is 10.9 Å². The van der Waals surface area contributed by atoms with Crippen LogP contribution < -0.4 is 20.3 Å². The van der Waals surface area contributed by atoms with Crippen LogP contribution in [0.2, 0.25) is 0 Å². The van der Waals surface area contributed by atoms with Crippen molar-refractivity contribution >= 4 is 29.8 Å². The number of ether oxygens (including phenoxy) is 2. The van der Waals surface area contributed by atoms with Gasteiger partial charge in [0.05, 0.1) is 25.6 Å². The number of thiocarbonyl (C=S) groups is 1. The first-order valence-electron chi connectivity index (χ1n) is 8.30. The SMILES string of the molecule is CCOc1ccccc1C=NNC(=S)N/N=C/c1ccccc1OCC. The van der Waals surface area contributed by atoms with E-state index in [1.165, 1.54) is 0 Å². The fourth-order valence-corrected chi connectivity index (χ4v) is 2.20. The van der Waals surface area contributed by atoms with Gasteiger partial charge in [-0.05, 0) is 50.3 Å². The number of para-hydroxylation sites is 2. The highest BCUT2D eigenvalue weighted by molar-refractivity contribution is 7.80. The quantitative estimate of drug-likeness (QED) is 0.424. The second kappa shape index (κ2) is 10.8. The molecule has 0 saturated heterocycles. The highest BCUT2D eigenvalue weighted by atomic mass is 32.1. The van der Waals surface area contributed by atoms with Crippen LogP contribution in [0.3, 0.4) is 0 Å². The van der Waals surface area contributed by atoms with Crippen LogP contribution in [-0.4, -0.2) is 30.8 Å². The summed E-state index contributed by atoms with van der Waals surface area (Å²) in [7, 11) is 0. The van der Waals surface area contributed by atoms with Gasteiger partial charge in [0.15, 0.2) is 0 Å². The maximum Gasteiger partial charge on any atom is 0.207 e. The summed E-state index contributed by atoms with van der Waals surface area (Å²) in [6.07, 6.45) is 3.29. The van der Waals surface area contributed by atoms with Crippen LogP contribution in [0.25, 0.3) is 0 Å². The fourth-order valence-electron chi connectivity index (χ4n) is 2.09. The van der Waals surface area contributed by atoms with Crippen LogP contribution in [0.1, 0.15) is 25.0 Å². The molecule has 0 aromatic heterocycles. The van der Waals surface area contributed by atoms with Gasteiger partial charge in [-0.2, -0.15) is 10.2 Å². The first-order chi connectivity index (χ1) is 12.7. The number of hydrogen-bond donors (Lipinski definition) is 2. The third-order valence-corrected chi connectivity index (χ3v) is 3.36. The normalized spacial score (nSPS) is 10.8. The van der Waals surface area contributed by atoms with E-state index in [2.05, 4.69) is 21.1 Å². The van der Waals surface area contributed by atoms with Crippen molar-refractivity contribution < 1.29 is 9.47 Å². The van der Waals surface area contributed by atoms with Crippen molar-refractivity contribution in [3.63, 3.8) is 0 Å². The minimum atomic E-state index is 0.278. The van der Waals surface area contributed by atoms with E-state index in [1.54, 1.807) is 12.4 Å². The Balaban J connectivity index is 1.88. The Kier molecular flexibility index (Phi) is 8.08. The summed E-state index contributed by atoms with van der Waals surface area (Å²) < 4.78 is 11.1. The predicted molar refractivity (Wildman–Crippen MR) is 109 cm³/mol. The van der Waals surface area contributed by atoms with E-state index in [0.717, 1.165) is 22.6 Å². The lowest BCUT2D eigenvalue weighted by molar-refractivity contribution is 0.339. The largest absolute Gasteiger partial charge is 0.493 e. The number of nitrogens with zero attached hydrogens (tertiary/aromatic N) is 2. The van der Waals surface area contributed by atoms with Crippen LogP contribution in [0.15, 0.2) is 58.7 Å². The molecule has 2 N–H and O–H groups in total. The Labute approximate surface area is 158 Å². The molecule has 0 aliphatic heterocycles. The zero-order chi connectivity index (χ0) is 18.6. The van der Waals surface area contributed by atoms with Gasteiger partial charge in [-0.15, -0.1) is 0 Å². The van der Waals surface area contributed by atoms with Crippen molar-refractivity contribution in [1.29, 1.82) is 0 Å². The predicted octanol–water partition coefficient (Wildman–Crippen LogP) is 3.32. The Bertz CT molecular complexity index is 714. The molecule has 2 rings (SSSR count). The average molecular weight is 370 g/mol. The third-order valence-electron chi connectivity index (χ3n) is 3.18. The lowest BCUT2D eigenvalue weighted by atomic mass is 10.2. The van der Waals surface area contributed by atoms with E-state index < -0.39 is 0 Å². The Morgan fingerprint density at radius 1 is 0.846 bits per heavy atom. The summed E-state index contributed by atoms with van der Waals surface area (Å²) in [5, 5.41) is 8.48. The Morgan fingerprint density at radius 2 is 1.27 bits per heavy atom. The molecule has 0 unspecified atom stereocenters. The summed E-state index contributed by atoms with van der Waals surface area (Å²) in [5.74, 6) is 1.54. The van der Waals surface area contributed by atoms with E-state index >= 15 is 0 Å². The molecule has 2 aromatic rings. The molecule has 0 aliphatic rings. The second-order valence-corrected chi connectivity index (χ2v) is 5.42. The Morgan fingerprint density at radius 3 is 1.69 bits per heavy atom. The van der Waals surface area contributed by atoms with Crippen molar-refractivity contribution in [1.82, 2.24) is 10.9 Å². The van der Waals surface area contributed by atoms with Gasteiger partial charge in [0.2, 0.25) is 5.11 Å². The molecule has 0 fully saturated rings. The maximum atomic E-state index is 5.54. The molecule has 0 radical (unpaired) electrons. The Hall–Kier alpha value is -2.93. The van der Waals surface area contributed by atoms with Gasteiger partial charge in [-0.1, -0.05) is 24.3 Å². The highest BCUT2D eigenvalue weighted by Gasteiger charge is 2.00. The van der Waals surface area contributed by atoms with Gasteiger partial charge in [0.1, 0.15) is 11.5 Å². The van der Waals surface area contributed by atoms with Crippen molar-refractivity contribution in [2.45, 2.75) is 13.8 Å². The zero-order valence-electron chi connectivity index (χ0n) is 14.8. The molecule has 0 saturated carbocycles. The third kappa shape index (κ3) is 6.18. The summed E-state index contributed by atoms with van der Waals surface area (Å²) in [5.41, 5.74) is 7.15. The molecule has 0 amide bonds. The van der Waals surface area contributed by atoms with Gasteiger partial charge >= 0.3 is 0 Å². The molecule has 0 bridgehead atoms. The number of hydrazone groups is 2. The fraction of sp³-hybridized carbons (Fsp3) is 0.211. The van der Waals surface area contributed by atoms with Crippen LogP contribution in [0, 0.1) is 0 Å². The summed E-state index contributed by atoms with van der Waals surface area (Å²) >= 11 is 5.14. The smallest absolute Gasteiger partial charge is 0.207 e. The highest BCUT2D eigenvalue weighted by Crippen LogP contribution is 2.16. The number of rotatable bonds is 8. The van der Waals surface area contributed by atoms with Crippen molar-refractivity contribution in [2.24, 2.45) is 10.2 Å². The molecule has 26 heavy (non-hydrogen) atoms. The van der Waals surface area contributed by atoms with Crippen LogP contribution in [0.4, 0.5) is 0 Å². The topological polar surface area (TPSA) is 67.2 Å². The molecule has 7 heteroatoms. The lowest BCUT2D eigenvalue weighted by Crippen LogP contribution is -2.28. The average Bonchev–Trinajstić information content (AvgIpc) is 2.65. The molecule has 6 nitrogen and oxygen atoms in total. The molecule has 2 aromatic carbocycles. The van der Waals surface area contributed by atoms with Crippen molar-refractivity contribution in [3.8, 4) is 11.5 Å². The van der Waals surface area contributed by atoms with Gasteiger partial charge in [0.25, 0.3) is 0 Å². The van der Waals surface area contributed by atoms with E-state index in [4.69, 9.17) is 21.7 Å². The summed E-state index contributed by atoms with van der Waals surface area (Å²) in [6.45, 7) is 5.06. The van der Waals surface area contributed by atoms with Crippen LogP contribution in [-0.2, 0) is 0 Å². The maximum absolute atomic E-state index is 5.54. The standard InChI is InChI=1S/C19H22N4O2S/c1-3-24-17-11-7-5-9-15(17)13-20-22-19(26)23-21-14-16-10-6-8-12-18(16)25-4-2/h5-14H,3-4H2,1-2H3,(H2,22,23,26)/b20-13+,21-14?. The van der Waals surface area contributed by atoms with Gasteiger partial charge < -0.3 is 9.47 Å². The number of nitrogens with one attached hydrogen (secondary N) is 2. The first kappa shape index (κ1) is 19.4. The minimum Gasteiger partial charge on any atom is -0.493 e. The van der Waals surface area contributed by atoms with Crippen LogP contribution in [0.5, 0.6) is 11.5 Å². The second-order valence-electron chi connectivity index (χ2n) is 5.01. The van der Waals surface area contributed by atoms with E-state index in [9.17, 15) is 0 Å². The van der Waals surface area contributed by atoms with Crippen molar-refractivity contribution in [2.75, 3.05) is 13.2 Å². The van der Waals surface area contributed by atoms with Gasteiger partial charge in [-0.25, -0.2) is 0 Å².